The van der Waals surface area contributed by atoms with Gasteiger partial charge in [-0.15, -0.1) is 5.10 Å². The Bertz CT molecular complexity index is 1030. The summed E-state index contributed by atoms with van der Waals surface area (Å²) in [6, 6.07) is 15.0. The molecular weight excluding hydrogens is 396 g/mol. The molecule has 0 radical (unpaired) electrons. The molecule has 0 fully saturated rings. The van der Waals surface area contributed by atoms with Crippen molar-refractivity contribution >= 4 is 29.1 Å². The van der Waals surface area contributed by atoms with Gasteiger partial charge in [-0.3, -0.25) is 14.7 Å². The van der Waals surface area contributed by atoms with E-state index in [0.29, 0.717) is 22.2 Å². The number of thioether (sulfide) groups is 1. The van der Waals surface area contributed by atoms with Gasteiger partial charge in [0.25, 0.3) is 0 Å². The van der Waals surface area contributed by atoms with E-state index in [1.165, 1.54) is 17.3 Å². The van der Waals surface area contributed by atoms with Crippen LogP contribution in [0.4, 0.5) is 5.69 Å². The first-order chi connectivity index (χ1) is 14.1. The molecular formula is C23H26N4O2S. The summed E-state index contributed by atoms with van der Waals surface area (Å²) in [6.07, 6.45) is 0. The molecule has 0 aliphatic rings. The molecule has 1 amide bonds. The minimum absolute atomic E-state index is 0.0182. The lowest BCUT2D eigenvalue weighted by atomic mass is 9.95. The van der Waals surface area contributed by atoms with E-state index < -0.39 is 5.41 Å². The minimum Gasteiger partial charge on any atom is -0.326 e. The Morgan fingerprint density at radius 3 is 2.27 bits per heavy atom. The van der Waals surface area contributed by atoms with Gasteiger partial charge in [0, 0.05) is 22.2 Å². The predicted octanol–water partition coefficient (Wildman–Crippen LogP) is 5.13. The van der Waals surface area contributed by atoms with Crippen LogP contribution in [0.5, 0.6) is 0 Å². The summed E-state index contributed by atoms with van der Waals surface area (Å²) in [5.41, 5.74) is 2.90. The first-order valence-corrected chi connectivity index (χ1v) is 10.6. The van der Waals surface area contributed by atoms with Crippen LogP contribution in [0.1, 0.15) is 43.6 Å². The van der Waals surface area contributed by atoms with Crippen LogP contribution in [0.25, 0.3) is 11.4 Å². The van der Waals surface area contributed by atoms with Crippen LogP contribution in [0, 0.1) is 12.3 Å². The highest BCUT2D eigenvalue weighted by molar-refractivity contribution is 8.00. The smallest absolute Gasteiger partial charge is 0.229 e. The zero-order chi connectivity index (χ0) is 21.9. The molecule has 1 heterocycles. The van der Waals surface area contributed by atoms with E-state index in [1.54, 1.807) is 24.3 Å². The van der Waals surface area contributed by atoms with Crippen molar-refractivity contribution in [3.05, 3.63) is 59.7 Å². The van der Waals surface area contributed by atoms with E-state index in [0.717, 1.165) is 5.56 Å². The van der Waals surface area contributed by atoms with E-state index in [-0.39, 0.29) is 16.9 Å². The first-order valence-electron chi connectivity index (χ1n) is 9.75. The van der Waals surface area contributed by atoms with E-state index in [2.05, 4.69) is 20.5 Å². The van der Waals surface area contributed by atoms with Crippen LogP contribution in [-0.2, 0) is 4.79 Å². The highest BCUT2D eigenvalue weighted by Gasteiger charge is 2.22. The summed E-state index contributed by atoms with van der Waals surface area (Å²) in [4.78, 5) is 29.4. The number of carbonyl (C=O) groups is 2. The molecule has 0 aliphatic carbocycles. The van der Waals surface area contributed by atoms with Crippen molar-refractivity contribution in [3.8, 4) is 11.4 Å². The number of hydrogen-bond acceptors (Lipinski definition) is 5. The Morgan fingerprint density at radius 1 is 1.03 bits per heavy atom. The molecule has 3 rings (SSSR count). The van der Waals surface area contributed by atoms with Crippen LogP contribution in [0.2, 0.25) is 0 Å². The SMILES string of the molecule is Cc1ccc(-c2nc(S[C@H](C)C(=O)c3ccc(NC(=O)C(C)(C)C)cc3)n[nH]2)cc1. The van der Waals surface area contributed by atoms with Gasteiger partial charge in [0.2, 0.25) is 11.1 Å². The molecule has 0 saturated carbocycles. The molecule has 1 atom stereocenters. The normalized spacial score (nSPS) is 12.4. The lowest BCUT2D eigenvalue weighted by Gasteiger charge is -2.17. The summed E-state index contributed by atoms with van der Waals surface area (Å²) in [5, 5.41) is 10.2. The molecule has 6 nitrogen and oxygen atoms in total. The molecule has 0 saturated heterocycles. The van der Waals surface area contributed by atoms with E-state index in [9.17, 15) is 9.59 Å². The van der Waals surface area contributed by atoms with Crippen LogP contribution >= 0.6 is 11.8 Å². The standard InChI is InChI=1S/C23H26N4O2S/c1-14-6-8-17(9-7-14)20-25-22(27-26-20)30-15(2)19(28)16-10-12-18(13-11-16)24-21(29)23(3,4)5/h6-13,15H,1-5H3,(H,24,29)(H,25,26,27)/t15-/m1/s1. The summed E-state index contributed by atoms with van der Waals surface area (Å²) < 4.78 is 0. The van der Waals surface area contributed by atoms with Crippen LogP contribution in [0.3, 0.4) is 0 Å². The Hall–Kier alpha value is -2.93. The van der Waals surface area contributed by atoms with Crippen molar-refractivity contribution in [3.63, 3.8) is 0 Å². The fourth-order valence-electron chi connectivity index (χ4n) is 2.62. The second-order valence-electron chi connectivity index (χ2n) is 8.24. The number of hydrogen-bond donors (Lipinski definition) is 2. The number of nitrogens with zero attached hydrogens (tertiary/aromatic N) is 2. The number of Topliss-reactive ketones (excluding diaryl/α,β-unsaturated/α-hetero) is 1. The molecule has 3 aromatic rings. The Kier molecular flexibility index (Phi) is 6.41. The van der Waals surface area contributed by atoms with Crippen molar-refractivity contribution in [2.45, 2.75) is 45.0 Å². The number of aromatic nitrogens is 3. The number of aryl methyl sites for hydroxylation is 1. The Balaban J connectivity index is 1.63. The van der Waals surface area contributed by atoms with Gasteiger partial charge in [0.1, 0.15) is 0 Å². The van der Waals surface area contributed by atoms with E-state index >= 15 is 0 Å². The molecule has 0 unspecified atom stereocenters. The number of amides is 1. The van der Waals surface area contributed by atoms with Crippen LogP contribution in [0.15, 0.2) is 53.7 Å². The van der Waals surface area contributed by atoms with Gasteiger partial charge in [0.15, 0.2) is 11.6 Å². The van der Waals surface area contributed by atoms with Gasteiger partial charge < -0.3 is 5.32 Å². The van der Waals surface area contributed by atoms with Gasteiger partial charge in [-0.1, -0.05) is 62.4 Å². The third kappa shape index (κ3) is 5.36. The van der Waals surface area contributed by atoms with Gasteiger partial charge in [-0.05, 0) is 38.1 Å². The van der Waals surface area contributed by atoms with Gasteiger partial charge in [0.05, 0.1) is 5.25 Å². The van der Waals surface area contributed by atoms with Gasteiger partial charge in [-0.2, -0.15) is 0 Å². The maximum absolute atomic E-state index is 12.8. The van der Waals surface area contributed by atoms with Crippen molar-refractivity contribution in [2.24, 2.45) is 5.41 Å². The number of rotatable bonds is 6. The number of benzene rings is 2. The highest BCUT2D eigenvalue weighted by atomic mass is 32.2. The fourth-order valence-corrected chi connectivity index (χ4v) is 3.42. The van der Waals surface area contributed by atoms with Gasteiger partial charge in [-0.25, -0.2) is 4.98 Å². The van der Waals surface area contributed by atoms with Gasteiger partial charge >= 0.3 is 0 Å². The molecule has 1 aromatic heterocycles. The average molecular weight is 423 g/mol. The quantitative estimate of drug-likeness (QED) is 0.425. The third-order valence-electron chi connectivity index (χ3n) is 4.55. The molecule has 2 aromatic carbocycles. The van der Waals surface area contributed by atoms with Crippen molar-refractivity contribution in [1.82, 2.24) is 15.2 Å². The second-order valence-corrected chi connectivity index (χ2v) is 9.55. The predicted molar refractivity (Wildman–Crippen MR) is 121 cm³/mol. The van der Waals surface area contributed by atoms with Crippen LogP contribution < -0.4 is 5.32 Å². The summed E-state index contributed by atoms with van der Waals surface area (Å²) in [7, 11) is 0. The van der Waals surface area contributed by atoms with Crippen LogP contribution in [-0.4, -0.2) is 32.1 Å². The topological polar surface area (TPSA) is 87.7 Å². The summed E-state index contributed by atoms with van der Waals surface area (Å²) >= 11 is 1.31. The molecule has 2 N–H and O–H groups in total. The average Bonchev–Trinajstić information content (AvgIpc) is 3.16. The zero-order valence-corrected chi connectivity index (χ0v) is 18.6. The Labute approximate surface area is 180 Å². The van der Waals surface area contributed by atoms with E-state index in [4.69, 9.17) is 0 Å². The maximum Gasteiger partial charge on any atom is 0.229 e. The summed E-state index contributed by atoms with van der Waals surface area (Å²) in [5.74, 6) is 0.589. The Morgan fingerprint density at radius 2 is 1.67 bits per heavy atom. The number of nitrogens with one attached hydrogen (secondary N) is 2. The summed E-state index contributed by atoms with van der Waals surface area (Å²) in [6.45, 7) is 9.43. The number of aromatic amines is 1. The molecule has 0 bridgehead atoms. The fraction of sp³-hybridized carbons (Fsp3) is 0.304. The lowest BCUT2D eigenvalue weighted by molar-refractivity contribution is -0.123. The largest absolute Gasteiger partial charge is 0.326 e. The lowest BCUT2D eigenvalue weighted by Crippen LogP contribution is -2.27. The minimum atomic E-state index is -0.479. The van der Waals surface area contributed by atoms with E-state index in [1.807, 2.05) is 58.9 Å². The third-order valence-corrected chi connectivity index (χ3v) is 5.51. The zero-order valence-electron chi connectivity index (χ0n) is 17.8. The highest BCUT2D eigenvalue weighted by Crippen LogP contribution is 2.26. The number of H-pyrrole nitrogens is 1. The first kappa shape index (κ1) is 21.8. The van der Waals surface area contributed by atoms with Crippen molar-refractivity contribution < 1.29 is 9.59 Å². The molecule has 0 aliphatic heterocycles. The molecule has 0 spiro atoms. The monoisotopic (exact) mass is 422 g/mol. The molecule has 7 heteroatoms. The number of anilines is 1. The number of ketones is 1. The maximum atomic E-state index is 12.8. The van der Waals surface area contributed by atoms with Crippen molar-refractivity contribution in [1.29, 1.82) is 0 Å². The molecule has 30 heavy (non-hydrogen) atoms. The molecule has 156 valence electrons. The number of carbonyl (C=O) groups excluding carboxylic acids is 2. The second kappa shape index (κ2) is 8.83. The van der Waals surface area contributed by atoms with Crippen molar-refractivity contribution in [2.75, 3.05) is 5.32 Å².